The van der Waals surface area contributed by atoms with Crippen LogP contribution in [0.25, 0.3) is 0 Å². The summed E-state index contributed by atoms with van der Waals surface area (Å²) in [5.74, 6) is 14.7. The van der Waals surface area contributed by atoms with Crippen molar-refractivity contribution in [1.82, 2.24) is 0 Å². The van der Waals surface area contributed by atoms with Gasteiger partial charge in [0.1, 0.15) is 0 Å². The molecule has 1 aliphatic rings. The van der Waals surface area contributed by atoms with Crippen LogP contribution in [0.5, 0.6) is 0 Å². The van der Waals surface area contributed by atoms with Crippen LogP contribution >= 0.6 is 0 Å². The summed E-state index contributed by atoms with van der Waals surface area (Å²) in [4.78, 5) is 0. The van der Waals surface area contributed by atoms with E-state index in [0.717, 1.165) is 36.3 Å². The van der Waals surface area contributed by atoms with Crippen molar-refractivity contribution in [3.8, 4) is 23.7 Å². The first-order chi connectivity index (χ1) is 13.8. The van der Waals surface area contributed by atoms with Gasteiger partial charge in [-0.2, -0.15) is 0 Å². The second kappa shape index (κ2) is 10.8. The van der Waals surface area contributed by atoms with Gasteiger partial charge in [0.05, 0.1) is 0 Å². The van der Waals surface area contributed by atoms with Crippen LogP contribution in [-0.2, 0) is 6.42 Å². The largest absolute Gasteiger partial charge is 0.104 e. The summed E-state index contributed by atoms with van der Waals surface area (Å²) in [7, 11) is 0. The molecule has 2 aromatic carbocycles. The van der Waals surface area contributed by atoms with E-state index in [1.54, 1.807) is 0 Å². The Morgan fingerprint density at radius 1 is 0.750 bits per heavy atom. The zero-order valence-electron chi connectivity index (χ0n) is 17.4. The van der Waals surface area contributed by atoms with E-state index in [-0.39, 0.29) is 0 Å². The molecule has 0 bridgehead atoms. The van der Waals surface area contributed by atoms with Crippen molar-refractivity contribution in [3.05, 3.63) is 70.8 Å². The Hall–Kier alpha value is -2.44. The molecule has 0 saturated heterocycles. The number of hydrogen-bond acceptors (Lipinski definition) is 0. The molecule has 0 spiro atoms. The minimum Gasteiger partial charge on any atom is -0.104 e. The molecule has 0 N–H and O–H groups in total. The Kier molecular flexibility index (Phi) is 7.82. The molecule has 1 aliphatic carbocycles. The standard InChI is InChI=1S/C28H32/c1-3-5-6-8-24-15-19-27(20-16-24)28-21-17-26(18-22-28)14-13-25-11-9-23(7-4-2)10-12-25/h9-12,17-18,21-22,24,27H,3-4,7-8,15-16,19-20H2,1-2H3. The predicted molar refractivity (Wildman–Crippen MR) is 120 cm³/mol. The summed E-state index contributed by atoms with van der Waals surface area (Å²) in [6.45, 7) is 4.34. The molecule has 0 heteroatoms. The van der Waals surface area contributed by atoms with Crippen molar-refractivity contribution >= 4 is 0 Å². The molecular weight excluding hydrogens is 336 g/mol. The molecule has 28 heavy (non-hydrogen) atoms. The van der Waals surface area contributed by atoms with Gasteiger partial charge in [0.2, 0.25) is 0 Å². The minimum atomic E-state index is 0.712. The fourth-order valence-electron chi connectivity index (χ4n) is 4.07. The van der Waals surface area contributed by atoms with Gasteiger partial charge in [-0.05, 0) is 79.3 Å². The third-order valence-corrected chi connectivity index (χ3v) is 5.77. The molecule has 0 nitrogen and oxygen atoms in total. The lowest BCUT2D eigenvalue weighted by molar-refractivity contribution is 0.331. The minimum absolute atomic E-state index is 0.712. The molecule has 0 aromatic heterocycles. The van der Waals surface area contributed by atoms with Crippen molar-refractivity contribution in [2.45, 2.75) is 71.1 Å². The van der Waals surface area contributed by atoms with E-state index in [4.69, 9.17) is 0 Å². The SMILES string of the molecule is CCC#CCC1CCC(c2ccc(C#Cc3ccc(CCC)cc3)cc2)CC1. The van der Waals surface area contributed by atoms with Crippen LogP contribution < -0.4 is 0 Å². The maximum Gasteiger partial charge on any atom is 0.0249 e. The van der Waals surface area contributed by atoms with Gasteiger partial charge in [-0.25, -0.2) is 0 Å². The van der Waals surface area contributed by atoms with E-state index in [2.05, 4.69) is 86.1 Å². The maximum absolute atomic E-state index is 3.34. The summed E-state index contributed by atoms with van der Waals surface area (Å²) in [6, 6.07) is 17.6. The van der Waals surface area contributed by atoms with Gasteiger partial charge >= 0.3 is 0 Å². The normalized spacial score (nSPS) is 18.5. The molecule has 0 unspecified atom stereocenters. The van der Waals surface area contributed by atoms with Gasteiger partial charge in [-0.15, -0.1) is 11.8 Å². The smallest absolute Gasteiger partial charge is 0.0249 e. The Morgan fingerprint density at radius 3 is 1.93 bits per heavy atom. The van der Waals surface area contributed by atoms with Crippen LogP contribution in [0.15, 0.2) is 48.5 Å². The number of aryl methyl sites for hydroxylation is 1. The summed E-state index contributed by atoms with van der Waals surface area (Å²) in [5.41, 5.74) is 5.07. The predicted octanol–water partition coefficient (Wildman–Crippen LogP) is 7.12. The quantitative estimate of drug-likeness (QED) is 0.504. The van der Waals surface area contributed by atoms with E-state index in [1.165, 1.54) is 43.2 Å². The van der Waals surface area contributed by atoms with Crippen LogP contribution in [0, 0.1) is 29.6 Å². The zero-order chi connectivity index (χ0) is 19.6. The molecule has 0 heterocycles. The number of rotatable bonds is 4. The second-order valence-corrected chi connectivity index (χ2v) is 7.95. The summed E-state index contributed by atoms with van der Waals surface area (Å²) in [5, 5.41) is 0. The highest BCUT2D eigenvalue weighted by molar-refractivity contribution is 5.44. The summed E-state index contributed by atoms with van der Waals surface area (Å²) in [6.07, 6.45) is 9.64. The first-order valence-electron chi connectivity index (χ1n) is 10.9. The fourth-order valence-corrected chi connectivity index (χ4v) is 4.07. The molecule has 0 radical (unpaired) electrons. The van der Waals surface area contributed by atoms with E-state index in [0.29, 0.717) is 5.92 Å². The Balaban J connectivity index is 1.54. The van der Waals surface area contributed by atoms with E-state index in [9.17, 15) is 0 Å². The number of benzene rings is 2. The molecule has 1 fully saturated rings. The zero-order valence-corrected chi connectivity index (χ0v) is 17.4. The molecule has 0 amide bonds. The highest BCUT2D eigenvalue weighted by Crippen LogP contribution is 2.36. The second-order valence-electron chi connectivity index (χ2n) is 7.95. The van der Waals surface area contributed by atoms with Crippen molar-refractivity contribution < 1.29 is 0 Å². The van der Waals surface area contributed by atoms with Crippen molar-refractivity contribution in [2.75, 3.05) is 0 Å². The Labute approximate surface area is 171 Å². The van der Waals surface area contributed by atoms with E-state index in [1.807, 2.05) is 0 Å². The van der Waals surface area contributed by atoms with Gasteiger partial charge in [0.25, 0.3) is 0 Å². The van der Waals surface area contributed by atoms with E-state index < -0.39 is 0 Å². The molecule has 0 atom stereocenters. The monoisotopic (exact) mass is 368 g/mol. The molecule has 2 aromatic rings. The van der Waals surface area contributed by atoms with E-state index >= 15 is 0 Å². The molecular formula is C28H32. The van der Waals surface area contributed by atoms with Crippen molar-refractivity contribution in [2.24, 2.45) is 5.92 Å². The maximum atomic E-state index is 3.34. The lowest BCUT2D eigenvalue weighted by Gasteiger charge is -2.27. The van der Waals surface area contributed by atoms with Gasteiger partial charge in [-0.3, -0.25) is 0 Å². The van der Waals surface area contributed by atoms with Crippen LogP contribution in [0.2, 0.25) is 0 Å². The summed E-state index contributed by atoms with van der Waals surface area (Å²) < 4.78 is 0. The first-order valence-corrected chi connectivity index (χ1v) is 10.9. The van der Waals surface area contributed by atoms with Crippen LogP contribution in [-0.4, -0.2) is 0 Å². The lowest BCUT2D eigenvalue weighted by Crippen LogP contribution is -2.12. The van der Waals surface area contributed by atoms with Gasteiger partial charge in [-0.1, -0.05) is 56.4 Å². The Morgan fingerprint density at radius 2 is 1.36 bits per heavy atom. The Bertz CT molecular complexity index is 839. The van der Waals surface area contributed by atoms with Gasteiger partial charge in [0.15, 0.2) is 0 Å². The molecule has 1 saturated carbocycles. The average molecular weight is 369 g/mol. The third-order valence-electron chi connectivity index (χ3n) is 5.77. The fraction of sp³-hybridized carbons (Fsp3) is 0.429. The van der Waals surface area contributed by atoms with Crippen LogP contribution in [0.4, 0.5) is 0 Å². The number of hydrogen-bond donors (Lipinski definition) is 0. The van der Waals surface area contributed by atoms with Gasteiger partial charge < -0.3 is 0 Å². The summed E-state index contributed by atoms with van der Waals surface area (Å²) >= 11 is 0. The third kappa shape index (κ3) is 6.04. The molecule has 144 valence electrons. The van der Waals surface area contributed by atoms with Gasteiger partial charge in [0, 0.05) is 24.0 Å². The highest BCUT2D eigenvalue weighted by atomic mass is 14.3. The highest BCUT2D eigenvalue weighted by Gasteiger charge is 2.21. The van der Waals surface area contributed by atoms with Crippen LogP contribution in [0.1, 0.15) is 87.0 Å². The topological polar surface area (TPSA) is 0 Å². The lowest BCUT2D eigenvalue weighted by atomic mass is 9.77. The van der Waals surface area contributed by atoms with Crippen molar-refractivity contribution in [1.29, 1.82) is 0 Å². The van der Waals surface area contributed by atoms with Crippen LogP contribution in [0.3, 0.4) is 0 Å². The first kappa shape index (κ1) is 20.3. The molecule has 0 aliphatic heterocycles. The van der Waals surface area contributed by atoms with Crippen molar-refractivity contribution in [3.63, 3.8) is 0 Å². The molecule has 3 rings (SSSR count). The average Bonchev–Trinajstić information content (AvgIpc) is 2.75.